The third-order valence-corrected chi connectivity index (χ3v) is 2.27. The van der Waals surface area contributed by atoms with Crippen LogP contribution in [0.2, 0.25) is 0 Å². The molecular weight excluding hydrogens is 206 g/mol. The Morgan fingerprint density at radius 1 is 1.62 bits per heavy atom. The number of aromatic nitrogens is 2. The highest BCUT2D eigenvalue weighted by Gasteiger charge is 2.09. The van der Waals surface area contributed by atoms with E-state index in [1.165, 1.54) is 6.26 Å². The minimum atomic E-state index is -0.219. The molecule has 0 saturated carbocycles. The summed E-state index contributed by atoms with van der Waals surface area (Å²) in [6.07, 6.45) is 1.48. The van der Waals surface area contributed by atoms with Gasteiger partial charge >= 0.3 is 0 Å². The van der Waals surface area contributed by atoms with Crippen molar-refractivity contribution in [3.05, 3.63) is 41.6 Å². The van der Waals surface area contributed by atoms with Gasteiger partial charge in [-0.15, -0.1) is 0 Å². The Hall–Kier alpha value is -2.04. The SMILES string of the molecule is Cc1cc(CNC(=O)c2ccco2)n(C)n1. The molecule has 0 aromatic carbocycles. The average Bonchev–Trinajstić information content (AvgIpc) is 2.84. The second-order valence-corrected chi connectivity index (χ2v) is 3.56. The zero-order chi connectivity index (χ0) is 11.5. The van der Waals surface area contributed by atoms with Crippen LogP contribution >= 0.6 is 0 Å². The van der Waals surface area contributed by atoms with E-state index in [-0.39, 0.29) is 5.91 Å². The van der Waals surface area contributed by atoms with Crippen LogP contribution in [0.15, 0.2) is 28.9 Å². The van der Waals surface area contributed by atoms with E-state index in [2.05, 4.69) is 10.4 Å². The van der Waals surface area contributed by atoms with Gasteiger partial charge in [-0.1, -0.05) is 0 Å². The quantitative estimate of drug-likeness (QED) is 0.845. The van der Waals surface area contributed by atoms with Gasteiger partial charge < -0.3 is 9.73 Å². The molecule has 0 spiro atoms. The van der Waals surface area contributed by atoms with Crippen molar-refractivity contribution in [2.24, 2.45) is 7.05 Å². The summed E-state index contributed by atoms with van der Waals surface area (Å²) in [5.41, 5.74) is 1.89. The highest BCUT2D eigenvalue weighted by molar-refractivity contribution is 5.91. The highest BCUT2D eigenvalue weighted by Crippen LogP contribution is 2.03. The summed E-state index contributed by atoms with van der Waals surface area (Å²) < 4.78 is 6.73. The number of carbonyl (C=O) groups excluding carboxylic acids is 1. The van der Waals surface area contributed by atoms with Crippen LogP contribution in [0.1, 0.15) is 21.9 Å². The first-order chi connectivity index (χ1) is 7.66. The van der Waals surface area contributed by atoms with Crippen molar-refractivity contribution in [2.75, 3.05) is 0 Å². The van der Waals surface area contributed by atoms with E-state index in [1.807, 2.05) is 20.0 Å². The smallest absolute Gasteiger partial charge is 0.287 e. The average molecular weight is 219 g/mol. The first kappa shape index (κ1) is 10.5. The molecule has 84 valence electrons. The van der Waals surface area contributed by atoms with E-state index >= 15 is 0 Å². The van der Waals surface area contributed by atoms with Crippen molar-refractivity contribution in [1.29, 1.82) is 0 Å². The molecule has 2 aromatic heterocycles. The number of hydrogen-bond donors (Lipinski definition) is 1. The molecular formula is C11H13N3O2. The number of furan rings is 1. The fraction of sp³-hybridized carbons (Fsp3) is 0.273. The molecule has 0 aliphatic rings. The Kier molecular flexibility index (Phi) is 2.76. The summed E-state index contributed by atoms with van der Waals surface area (Å²) in [6, 6.07) is 5.25. The van der Waals surface area contributed by atoms with Gasteiger partial charge in [0.15, 0.2) is 5.76 Å². The fourth-order valence-corrected chi connectivity index (χ4v) is 1.50. The molecule has 0 aliphatic carbocycles. The fourth-order valence-electron chi connectivity index (χ4n) is 1.50. The predicted octanol–water partition coefficient (Wildman–Crippen LogP) is 1.25. The molecule has 2 aromatic rings. The molecule has 2 rings (SSSR count). The summed E-state index contributed by atoms with van der Waals surface area (Å²) in [5, 5.41) is 6.96. The molecule has 16 heavy (non-hydrogen) atoms. The Labute approximate surface area is 93.1 Å². The molecule has 2 heterocycles. The van der Waals surface area contributed by atoms with Gasteiger partial charge in [-0.05, 0) is 25.1 Å². The molecule has 0 saturated heterocycles. The summed E-state index contributed by atoms with van der Waals surface area (Å²) >= 11 is 0. The Morgan fingerprint density at radius 3 is 3.00 bits per heavy atom. The lowest BCUT2D eigenvalue weighted by atomic mass is 10.3. The van der Waals surface area contributed by atoms with Gasteiger partial charge in [-0.2, -0.15) is 5.10 Å². The van der Waals surface area contributed by atoms with Gasteiger partial charge in [0, 0.05) is 7.05 Å². The molecule has 5 nitrogen and oxygen atoms in total. The summed E-state index contributed by atoms with van der Waals surface area (Å²) in [7, 11) is 1.85. The predicted molar refractivity (Wildman–Crippen MR) is 57.8 cm³/mol. The van der Waals surface area contributed by atoms with Crippen LogP contribution in [0.25, 0.3) is 0 Å². The van der Waals surface area contributed by atoms with Gasteiger partial charge in [0.1, 0.15) is 0 Å². The lowest BCUT2D eigenvalue weighted by Gasteiger charge is -2.03. The topological polar surface area (TPSA) is 60.1 Å². The van der Waals surface area contributed by atoms with Crippen LogP contribution < -0.4 is 5.32 Å². The molecule has 5 heteroatoms. The summed E-state index contributed by atoms with van der Waals surface area (Å²) in [4.78, 5) is 11.6. The number of nitrogens with one attached hydrogen (secondary N) is 1. The Bertz CT molecular complexity index is 485. The standard InChI is InChI=1S/C11H13N3O2/c1-8-6-9(14(2)13-8)7-12-11(15)10-4-3-5-16-10/h3-6H,7H2,1-2H3,(H,12,15). The third-order valence-electron chi connectivity index (χ3n) is 2.27. The first-order valence-electron chi connectivity index (χ1n) is 4.98. The normalized spacial score (nSPS) is 10.4. The first-order valence-corrected chi connectivity index (χ1v) is 4.98. The van der Waals surface area contributed by atoms with E-state index in [1.54, 1.807) is 16.8 Å². The second kappa shape index (κ2) is 4.22. The Balaban J connectivity index is 1.98. The molecule has 1 N–H and O–H groups in total. The number of hydrogen-bond acceptors (Lipinski definition) is 3. The molecule has 0 aliphatic heterocycles. The third kappa shape index (κ3) is 2.13. The number of amides is 1. The molecule has 0 atom stereocenters. The highest BCUT2D eigenvalue weighted by atomic mass is 16.3. The minimum absolute atomic E-state index is 0.219. The van der Waals surface area contributed by atoms with Crippen molar-refractivity contribution >= 4 is 5.91 Å². The van der Waals surface area contributed by atoms with E-state index in [4.69, 9.17) is 4.42 Å². The number of nitrogens with zero attached hydrogens (tertiary/aromatic N) is 2. The summed E-state index contributed by atoms with van der Waals surface area (Å²) in [6.45, 7) is 2.36. The number of carbonyl (C=O) groups is 1. The molecule has 1 amide bonds. The lowest BCUT2D eigenvalue weighted by Crippen LogP contribution is -2.23. The molecule has 0 bridgehead atoms. The number of rotatable bonds is 3. The molecule has 0 radical (unpaired) electrons. The number of aryl methyl sites for hydroxylation is 2. The van der Waals surface area contributed by atoms with Crippen LogP contribution in [0.3, 0.4) is 0 Å². The minimum Gasteiger partial charge on any atom is -0.459 e. The monoisotopic (exact) mass is 219 g/mol. The van der Waals surface area contributed by atoms with E-state index in [0.29, 0.717) is 12.3 Å². The van der Waals surface area contributed by atoms with Crippen molar-refractivity contribution in [1.82, 2.24) is 15.1 Å². The lowest BCUT2D eigenvalue weighted by molar-refractivity contribution is 0.0922. The van der Waals surface area contributed by atoms with E-state index in [9.17, 15) is 4.79 Å². The van der Waals surface area contributed by atoms with Gasteiger partial charge in [0.25, 0.3) is 5.91 Å². The van der Waals surface area contributed by atoms with E-state index in [0.717, 1.165) is 11.4 Å². The summed E-state index contributed by atoms with van der Waals surface area (Å²) in [5.74, 6) is 0.0998. The van der Waals surface area contributed by atoms with Crippen LogP contribution in [0, 0.1) is 6.92 Å². The van der Waals surface area contributed by atoms with Gasteiger partial charge in [0.05, 0.1) is 24.2 Å². The zero-order valence-corrected chi connectivity index (χ0v) is 9.23. The maximum Gasteiger partial charge on any atom is 0.287 e. The second-order valence-electron chi connectivity index (χ2n) is 3.56. The van der Waals surface area contributed by atoms with Gasteiger partial charge in [0.2, 0.25) is 0 Å². The van der Waals surface area contributed by atoms with Gasteiger partial charge in [-0.3, -0.25) is 9.48 Å². The molecule has 0 unspecified atom stereocenters. The van der Waals surface area contributed by atoms with Crippen LogP contribution in [-0.2, 0) is 13.6 Å². The molecule has 0 fully saturated rings. The van der Waals surface area contributed by atoms with Crippen molar-refractivity contribution in [3.63, 3.8) is 0 Å². The largest absolute Gasteiger partial charge is 0.459 e. The maximum absolute atomic E-state index is 11.6. The van der Waals surface area contributed by atoms with Gasteiger partial charge in [-0.25, -0.2) is 0 Å². The van der Waals surface area contributed by atoms with E-state index < -0.39 is 0 Å². The zero-order valence-electron chi connectivity index (χ0n) is 9.23. The van der Waals surface area contributed by atoms with Crippen molar-refractivity contribution < 1.29 is 9.21 Å². The van der Waals surface area contributed by atoms with Crippen molar-refractivity contribution in [2.45, 2.75) is 13.5 Å². The maximum atomic E-state index is 11.6. The van der Waals surface area contributed by atoms with Crippen LogP contribution in [0.4, 0.5) is 0 Å². The van der Waals surface area contributed by atoms with Crippen molar-refractivity contribution in [3.8, 4) is 0 Å². The Morgan fingerprint density at radius 2 is 2.44 bits per heavy atom. The van der Waals surface area contributed by atoms with Crippen LogP contribution in [0.5, 0.6) is 0 Å². The van der Waals surface area contributed by atoms with Crippen LogP contribution in [-0.4, -0.2) is 15.7 Å².